The van der Waals surface area contributed by atoms with Crippen molar-refractivity contribution in [2.75, 3.05) is 13.1 Å². The maximum atomic E-state index is 12.7. The minimum absolute atomic E-state index is 0.0121. The fourth-order valence-electron chi connectivity index (χ4n) is 2.77. The highest BCUT2D eigenvalue weighted by atomic mass is 35.5. The monoisotopic (exact) mass is 328 g/mol. The Hall–Kier alpha value is -2.17. The molecule has 0 bridgehead atoms. The molecule has 23 heavy (non-hydrogen) atoms. The first-order chi connectivity index (χ1) is 11.1. The summed E-state index contributed by atoms with van der Waals surface area (Å²) in [4.78, 5) is 27.1. The van der Waals surface area contributed by atoms with Gasteiger partial charge in [-0.25, -0.2) is 0 Å². The summed E-state index contributed by atoms with van der Waals surface area (Å²) in [6.07, 6.45) is 0.791. The number of benzene rings is 2. The van der Waals surface area contributed by atoms with Gasteiger partial charge in [0.15, 0.2) is 5.78 Å². The van der Waals surface area contributed by atoms with Crippen LogP contribution in [0.4, 0.5) is 0 Å². The molecular formula is C18H17ClN2O2. The fourth-order valence-corrected chi connectivity index (χ4v) is 2.89. The van der Waals surface area contributed by atoms with Gasteiger partial charge in [-0.2, -0.15) is 0 Å². The van der Waals surface area contributed by atoms with E-state index in [9.17, 15) is 9.59 Å². The minimum atomic E-state index is -0.186. The lowest BCUT2D eigenvalue weighted by Gasteiger charge is -2.17. The molecule has 2 N–H and O–H groups in total. The van der Waals surface area contributed by atoms with Crippen molar-refractivity contribution in [1.29, 1.82) is 0 Å². The molecule has 3 rings (SSSR count). The quantitative estimate of drug-likeness (QED) is 0.881. The van der Waals surface area contributed by atoms with Crippen LogP contribution in [0.1, 0.15) is 32.7 Å². The summed E-state index contributed by atoms with van der Waals surface area (Å²) in [7, 11) is 0. The third-order valence-electron chi connectivity index (χ3n) is 4.02. The first-order valence-corrected chi connectivity index (χ1v) is 7.88. The predicted molar refractivity (Wildman–Crippen MR) is 89.8 cm³/mol. The second-order valence-electron chi connectivity index (χ2n) is 5.68. The first-order valence-electron chi connectivity index (χ1n) is 7.50. The Kier molecular flexibility index (Phi) is 4.46. The molecule has 0 unspecified atom stereocenters. The molecule has 1 atom stereocenters. The number of nitrogens with two attached hydrogens (primary N) is 1. The lowest BCUT2D eigenvalue weighted by molar-refractivity contribution is 0.0786. The molecule has 5 heteroatoms. The Labute approximate surface area is 139 Å². The average Bonchev–Trinajstić information content (AvgIpc) is 3.01. The van der Waals surface area contributed by atoms with Crippen LogP contribution in [0, 0.1) is 0 Å². The van der Waals surface area contributed by atoms with Gasteiger partial charge in [-0.15, -0.1) is 0 Å². The molecule has 0 aromatic heterocycles. The number of amides is 1. The van der Waals surface area contributed by atoms with Crippen molar-refractivity contribution < 1.29 is 9.59 Å². The van der Waals surface area contributed by atoms with Gasteiger partial charge in [0.25, 0.3) is 5.91 Å². The molecule has 118 valence electrons. The smallest absolute Gasteiger partial charge is 0.254 e. The highest BCUT2D eigenvalue weighted by Crippen LogP contribution is 2.20. The molecule has 4 nitrogen and oxygen atoms in total. The van der Waals surface area contributed by atoms with Crippen LogP contribution in [0.15, 0.2) is 48.5 Å². The van der Waals surface area contributed by atoms with Crippen molar-refractivity contribution in [2.45, 2.75) is 12.5 Å². The van der Waals surface area contributed by atoms with Crippen molar-refractivity contribution in [1.82, 2.24) is 4.90 Å². The summed E-state index contributed by atoms with van der Waals surface area (Å²) in [6, 6.07) is 13.6. The lowest BCUT2D eigenvalue weighted by atomic mass is 9.97. The Morgan fingerprint density at radius 2 is 1.70 bits per heavy atom. The van der Waals surface area contributed by atoms with Crippen LogP contribution in [-0.4, -0.2) is 35.7 Å². The van der Waals surface area contributed by atoms with Gasteiger partial charge in [-0.1, -0.05) is 29.8 Å². The molecule has 0 spiro atoms. The number of hydrogen-bond donors (Lipinski definition) is 1. The maximum absolute atomic E-state index is 12.7. The van der Waals surface area contributed by atoms with Crippen LogP contribution >= 0.6 is 11.6 Å². The molecule has 1 heterocycles. The number of hydrogen-bond acceptors (Lipinski definition) is 3. The molecular weight excluding hydrogens is 312 g/mol. The molecule has 1 aliphatic rings. The normalized spacial score (nSPS) is 17.3. The molecule has 1 fully saturated rings. The zero-order valence-corrected chi connectivity index (χ0v) is 13.3. The summed E-state index contributed by atoms with van der Waals surface area (Å²) in [5.41, 5.74) is 7.20. The van der Waals surface area contributed by atoms with Gasteiger partial charge in [0.05, 0.1) is 5.56 Å². The largest absolute Gasteiger partial charge is 0.337 e. The second-order valence-corrected chi connectivity index (χ2v) is 6.12. The van der Waals surface area contributed by atoms with Gasteiger partial charge in [-0.05, 0) is 36.8 Å². The molecule has 2 aromatic rings. The zero-order chi connectivity index (χ0) is 16.4. The molecule has 0 saturated carbocycles. The number of carbonyl (C=O) groups is 2. The van der Waals surface area contributed by atoms with Gasteiger partial charge in [0.1, 0.15) is 0 Å². The number of nitrogens with zero attached hydrogens (tertiary/aromatic N) is 1. The SMILES string of the molecule is N[C@H]1CCN(C(=O)c2ccccc2C(=O)c2ccc(Cl)cc2)C1. The van der Waals surface area contributed by atoms with Crippen LogP contribution in [0.2, 0.25) is 5.02 Å². The number of rotatable bonds is 3. The predicted octanol–water partition coefficient (Wildman–Crippen LogP) is 2.74. The fraction of sp³-hybridized carbons (Fsp3) is 0.222. The third-order valence-corrected chi connectivity index (χ3v) is 4.27. The summed E-state index contributed by atoms with van der Waals surface area (Å²) in [5, 5.41) is 0.567. The van der Waals surface area contributed by atoms with Crippen molar-refractivity contribution in [2.24, 2.45) is 5.73 Å². The number of carbonyl (C=O) groups excluding carboxylic acids is 2. The van der Waals surface area contributed by atoms with Gasteiger partial charge in [-0.3, -0.25) is 9.59 Å². The molecule has 2 aromatic carbocycles. The van der Waals surface area contributed by atoms with E-state index in [4.69, 9.17) is 17.3 Å². The number of halogens is 1. The van der Waals surface area contributed by atoms with Gasteiger partial charge in [0.2, 0.25) is 0 Å². The van der Waals surface area contributed by atoms with Crippen molar-refractivity contribution >= 4 is 23.3 Å². The van der Waals surface area contributed by atoms with Crippen LogP contribution in [0.3, 0.4) is 0 Å². The average molecular weight is 329 g/mol. The van der Waals surface area contributed by atoms with E-state index in [2.05, 4.69) is 0 Å². The molecule has 1 amide bonds. The van der Waals surface area contributed by atoms with Gasteiger partial charge >= 0.3 is 0 Å². The number of likely N-dealkylation sites (tertiary alicyclic amines) is 1. The summed E-state index contributed by atoms with van der Waals surface area (Å²) in [6.45, 7) is 1.16. The third kappa shape index (κ3) is 3.28. The van der Waals surface area contributed by atoms with Crippen LogP contribution in [0.25, 0.3) is 0 Å². The van der Waals surface area contributed by atoms with E-state index in [1.807, 2.05) is 0 Å². The Morgan fingerprint density at radius 1 is 1.04 bits per heavy atom. The Bertz CT molecular complexity index is 743. The zero-order valence-electron chi connectivity index (χ0n) is 12.5. The van der Waals surface area contributed by atoms with Crippen LogP contribution in [0.5, 0.6) is 0 Å². The number of ketones is 1. The topological polar surface area (TPSA) is 63.4 Å². The summed E-state index contributed by atoms with van der Waals surface area (Å²) >= 11 is 5.86. The van der Waals surface area contributed by atoms with E-state index in [-0.39, 0.29) is 17.7 Å². The van der Waals surface area contributed by atoms with Crippen molar-refractivity contribution in [3.8, 4) is 0 Å². The van der Waals surface area contributed by atoms with E-state index < -0.39 is 0 Å². The second kappa shape index (κ2) is 6.52. The Balaban J connectivity index is 1.93. The van der Waals surface area contributed by atoms with E-state index in [0.29, 0.717) is 34.8 Å². The molecule has 0 radical (unpaired) electrons. The van der Waals surface area contributed by atoms with Crippen molar-refractivity contribution in [3.63, 3.8) is 0 Å². The molecule has 1 aliphatic heterocycles. The first kappa shape index (κ1) is 15.7. The molecule has 1 saturated heterocycles. The van der Waals surface area contributed by atoms with E-state index in [1.54, 1.807) is 53.4 Å². The van der Waals surface area contributed by atoms with Gasteiger partial charge < -0.3 is 10.6 Å². The van der Waals surface area contributed by atoms with E-state index in [1.165, 1.54) is 0 Å². The molecule has 0 aliphatic carbocycles. The van der Waals surface area contributed by atoms with Crippen LogP contribution < -0.4 is 5.73 Å². The van der Waals surface area contributed by atoms with E-state index in [0.717, 1.165) is 6.42 Å². The standard InChI is InChI=1S/C18H17ClN2O2/c19-13-7-5-12(6-8-13)17(22)15-3-1-2-4-16(15)18(23)21-10-9-14(20)11-21/h1-8,14H,9-11,20H2/t14-/m0/s1. The lowest BCUT2D eigenvalue weighted by Crippen LogP contribution is -2.32. The highest BCUT2D eigenvalue weighted by molar-refractivity contribution is 6.30. The summed E-state index contributed by atoms with van der Waals surface area (Å²) in [5.74, 6) is -0.329. The van der Waals surface area contributed by atoms with E-state index >= 15 is 0 Å². The Morgan fingerprint density at radius 3 is 2.30 bits per heavy atom. The van der Waals surface area contributed by atoms with Gasteiger partial charge in [0, 0.05) is 35.3 Å². The van der Waals surface area contributed by atoms with Crippen LogP contribution in [-0.2, 0) is 0 Å². The summed E-state index contributed by atoms with van der Waals surface area (Å²) < 4.78 is 0. The maximum Gasteiger partial charge on any atom is 0.254 e. The highest BCUT2D eigenvalue weighted by Gasteiger charge is 2.27. The van der Waals surface area contributed by atoms with Crippen molar-refractivity contribution in [3.05, 3.63) is 70.2 Å². The minimum Gasteiger partial charge on any atom is -0.337 e.